The second-order valence-corrected chi connectivity index (χ2v) is 9.49. The number of ether oxygens (including phenoxy) is 1. The molecule has 1 saturated carbocycles. The van der Waals surface area contributed by atoms with E-state index in [2.05, 4.69) is 15.5 Å². The van der Waals surface area contributed by atoms with Crippen LogP contribution in [0.2, 0.25) is 0 Å². The number of nitrogens with one attached hydrogen (secondary N) is 2. The second kappa shape index (κ2) is 11.1. The van der Waals surface area contributed by atoms with Gasteiger partial charge in [-0.1, -0.05) is 6.92 Å². The van der Waals surface area contributed by atoms with Gasteiger partial charge in [0.1, 0.15) is 11.6 Å². The van der Waals surface area contributed by atoms with E-state index in [1.54, 1.807) is 12.1 Å². The van der Waals surface area contributed by atoms with Crippen molar-refractivity contribution in [1.29, 1.82) is 0 Å². The van der Waals surface area contributed by atoms with Crippen LogP contribution in [0.5, 0.6) is 5.75 Å². The first kappa shape index (κ1) is 25.9. The van der Waals surface area contributed by atoms with Gasteiger partial charge in [0.15, 0.2) is 0 Å². The third-order valence-corrected chi connectivity index (χ3v) is 6.56. The molecule has 9 heteroatoms. The van der Waals surface area contributed by atoms with Crippen molar-refractivity contribution in [3.05, 3.63) is 29.6 Å². The van der Waals surface area contributed by atoms with Gasteiger partial charge in [-0.25, -0.2) is 4.39 Å². The molecule has 0 spiro atoms. The number of likely N-dealkylation sites (tertiary alicyclic amines) is 1. The van der Waals surface area contributed by atoms with Gasteiger partial charge in [-0.15, -0.1) is 12.4 Å². The zero-order valence-electron chi connectivity index (χ0n) is 19.7. The number of hydrogen-bond acceptors (Lipinski definition) is 6. The second-order valence-electron chi connectivity index (χ2n) is 9.49. The fraction of sp³-hybridized carbons (Fsp3) is 0.667. The highest BCUT2D eigenvalue weighted by Crippen LogP contribution is 2.32. The van der Waals surface area contributed by atoms with Crippen LogP contribution >= 0.6 is 12.4 Å². The van der Waals surface area contributed by atoms with Crippen molar-refractivity contribution >= 4 is 24.2 Å². The van der Waals surface area contributed by atoms with Gasteiger partial charge in [0.25, 0.3) is 0 Å². The van der Waals surface area contributed by atoms with Gasteiger partial charge in [-0.3, -0.25) is 19.4 Å². The Labute approximate surface area is 201 Å². The SMILES string of the molecule is CC(C)Oc1ccc(F)cc1C1CNCCN1CCCN1C(=O)C(C)C(NC2CC2)C1=O.Cl. The molecular formula is C24H36ClFN4O3. The first-order chi connectivity index (χ1) is 15.3. The minimum Gasteiger partial charge on any atom is -0.491 e. The van der Waals surface area contributed by atoms with Crippen LogP contribution in [0.15, 0.2) is 18.2 Å². The number of imide groups is 1. The Hall–Kier alpha value is -1.74. The molecule has 7 nitrogen and oxygen atoms in total. The largest absolute Gasteiger partial charge is 0.491 e. The molecule has 3 fully saturated rings. The van der Waals surface area contributed by atoms with Crippen LogP contribution in [-0.4, -0.2) is 72.5 Å². The highest BCUT2D eigenvalue weighted by molar-refractivity contribution is 6.06. The molecule has 1 aliphatic carbocycles. The first-order valence-corrected chi connectivity index (χ1v) is 11.9. The summed E-state index contributed by atoms with van der Waals surface area (Å²) in [5.74, 6) is -0.0595. The molecule has 0 radical (unpaired) electrons. The Kier molecular flexibility index (Phi) is 8.72. The minimum absolute atomic E-state index is 0. The lowest BCUT2D eigenvalue weighted by Crippen LogP contribution is -2.47. The summed E-state index contributed by atoms with van der Waals surface area (Å²) in [5, 5.41) is 6.73. The molecule has 0 bridgehead atoms. The van der Waals surface area contributed by atoms with E-state index in [9.17, 15) is 14.0 Å². The number of amides is 2. The Morgan fingerprint density at radius 1 is 1.21 bits per heavy atom. The smallest absolute Gasteiger partial charge is 0.247 e. The molecule has 1 aromatic carbocycles. The first-order valence-electron chi connectivity index (χ1n) is 11.9. The van der Waals surface area contributed by atoms with Crippen LogP contribution in [0.3, 0.4) is 0 Å². The molecule has 2 saturated heterocycles. The lowest BCUT2D eigenvalue weighted by molar-refractivity contribution is -0.139. The highest BCUT2D eigenvalue weighted by Gasteiger charge is 2.46. The van der Waals surface area contributed by atoms with Crippen LogP contribution < -0.4 is 15.4 Å². The molecule has 184 valence electrons. The normalized spacial score (nSPS) is 26.1. The molecule has 1 aromatic rings. The van der Waals surface area contributed by atoms with E-state index in [0.29, 0.717) is 31.3 Å². The van der Waals surface area contributed by atoms with Gasteiger partial charge >= 0.3 is 0 Å². The summed E-state index contributed by atoms with van der Waals surface area (Å²) in [4.78, 5) is 29.2. The van der Waals surface area contributed by atoms with E-state index >= 15 is 0 Å². The summed E-state index contributed by atoms with van der Waals surface area (Å²) in [6.45, 7) is 9.25. The van der Waals surface area contributed by atoms with E-state index in [1.165, 1.54) is 11.0 Å². The molecule has 33 heavy (non-hydrogen) atoms. The van der Waals surface area contributed by atoms with Gasteiger partial charge in [0.05, 0.1) is 24.1 Å². The van der Waals surface area contributed by atoms with Crippen molar-refractivity contribution in [2.45, 2.75) is 64.3 Å². The average Bonchev–Trinajstić information content (AvgIpc) is 3.56. The van der Waals surface area contributed by atoms with Gasteiger partial charge in [-0.2, -0.15) is 0 Å². The quantitative estimate of drug-likeness (QED) is 0.527. The number of carbonyl (C=O) groups excluding carboxylic acids is 2. The number of halogens is 2. The zero-order valence-corrected chi connectivity index (χ0v) is 20.5. The lowest BCUT2D eigenvalue weighted by atomic mass is 10.0. The molecule has 3 aliphatic rings. The number of benzene rings is 1. The molecule has 2 heterocycles. The number of hydrogen-bond donors (Lipinski definition) is 2. The lowest BCUT2D eigenvalue weighted by Gasteiger charge is -2.37. The number of nitrogens with zero attached hydrogens (tertiary/aromatic N) is 2. The van der Waals surface area contributed by atoms with E-state index in [1.807, 2.05) is 20.8 Å². The molecule has 4 rings (SSSR count). The van der Waals surface area contributed by atoms with Gasteiger partial charge in [0, 0.05) is 44.3 Å². The van der Waals surface area contributed by atoms with Crippen LogP contribution in [0.4, 0.5) is 4.39 Å². The van der Waals surface area contributed by atoms with Crippen LogP contribution in [-0.2, 0) is 9.59 Å². The summed E-state index contributed by atoms with van der Waals surface area (Å²) >= 11 is 0. The Balaban J connectivity index is 0.00000306. The van der Waals surface area contributed by atoms with Crippen molar-refractivity contribution < 1.29 is 18.7 Å². The topological polar surface area (TPSA) is 73.9 Å². The predicted molar refractivity (Wildman–Crippen MR) is 127 cm³/mol. The Morgan fingerprint density at radius 3 is 2.67 bits per heavy atom. The minimum atomic E-state index is -0.384. The monoisotopic (exact) mass is 482 g/mol. The standard InChI is InChI=1S/C24H35FN4O3.ClH/c1-15(2)32-21-8-5-17(25)13-19(21)20-14-26-9-12-28(20)10-4-11-29-23(30)16(3)22(24(29)31)27-18-6-7-18;/h5,8,13,15-16,18,20,22,26-27H,4,6-7,9-12,14H2,1-3H3;1H. The number of rotatable bonds is 9. The third-order valence-electron chi connectivity index (χ3n) is 6.56. The van der Waals surface area contributed by atoms with Crippen molar-refractivity contribution in [2.75, 3.05) is 32.7 Å². The maximum absolute atomic E-state index is 14.1. The van der Waals surface area contributed by atoms with Crippen molar-refractivity contribution in [1.82, 2.24) is 20.4 Å². The molecule has 2 N–H and O–H groups in total. The molecule has 3 unspecified atom stereocenters. The fourth-order valence-electron chi connectivity index (χ4n) is 4.71. The van der Waals surface area contributed by atoms with E-state index in [0.717, 1.165) is 38.0 Å². The molecular weight excluding hydrogens is 447 g/mol. The third kappa shape index (κ3) is 6.04. The summed E-state index contributed by atoms with van der Waals surface area (Å²) in [6, 6.07) is 4.67. The Bertz CT molecular complexity index is 851. The van der Waals surface area contributed by atoms with Gasteiger partial charge in [0.2, 0.25) is 11.8 Å². The van der Waals surface area contributed by atoms with E-state index in [-0.39, 0.29) is 54.1 Å². The number of carbonyl (C=O) groups is 2. The van der Waals surface area contributed by atoms with Crippen LogP contribution in [0.25, 0.3) is 0 Å². The predicted octanol–water partition coefficient (Wildman–Crippen LogP) is 2.50. The average molecular weight is 483 g/mol. The molecule has 3 atom stereocenters. The zero-order chi connectivity index (χ0) is 22.8. The molecule has 2 aliphatic heterocycles. The molecule has 0 aromatic heterocycles. The van der Waals surface area contributed by atoms with Crippen molar-refractivity contribution in [2.24, 2.45) is 5.92 Å². The number of piperazine rings is 1. The molecule has 2 amide bonds. The maximum Gasteiger partial charge on any atom is 0.247 e. The fourth-order valence-corrected chi connectivity index (χ4v) is 4.71. The van der Waals surface area contributed by atoms with E-state index in [4.69, 9.17) is 4.74 Å². The van der Waals surface area contributed by atoms with Crippen LogP contribution in [0.1, 0.15) is 51.6 Å². The van der Waals surface area contributed by atoms with Crippen molar-refractivity contribution in [3.8, 4) is 5.75 Å². The van der Waals surface area contributed by atoms with Gasteiger partial charge in [-0.05, 0) is 51.3 Å². The Morgan fingerprint density at radius 2 is 1.97 bits per heavy atom. The van der Waals surface area contributed by atoms with Crippen LogP contribution in [0, 0.1) is 11.7 Å². The summed E-state index contributed by atoms with van der Waals surface area (Å²) in [6.07, 6.45) is 2.84. The summed E-state index contributed by atoms with van der Waals surface area (Å²) in [7, 11) is 0. The van der Waals surface area contributed by atoms with Gasteiger partial charge < -0.3 is 15.4 Å². The van der Waals surface area contributed by atoms with Crippen molar-refractivity contribution in [3.63, 3.8) is 0 Å². The maximum atomic E-state index is 14.1. The highest BCUT2D eigenvalue weighted by atomic mass is 35.5. The summed E-state index contributed by atoms with van der Waals surface area (Å²) in [5.41, 5.74) is 0.835. The van der Waals surface area contributed by atoms with E-state index < -0.39 is 0 Å². The summed E-state index contributed by atoms with van der Waals surface area (Å²) < 4.78 is 20.0.